The van der Waals surface area contributed by atoms with Gasteiger partial charge < -0.3 is 9.88 Å². The second-order valence-corrected chi connectivity index (χ2v) is 6.39. The minimum Gasteiger partial charge on any atom is -0.357 e. The Morgan fingerprint density at radius 2 is 2.24 bits per heavy atom. The third-order valence-corrected chi connectivity index (χ3v) is 4.93. The fourth-order valence-electron chi connectivity index (χ4n) is 2.87. The average molecular weight is 299 g/mol. The summed E-state index contributed by atoms with van der Waals surface area (Å²) in [5, 5.41) is 13.1. The van der Waals surface area contributed by atoms with Crippen LogP contribution >= 0.6 is 11.3 Å². The number of aromatic nitrogens is 4. The summed E-state index contributed by atoms with van der Waals surface area (Å²) in [4.78, 5) is 4.66. The van der Waals surface area contributed by atoms with Gasteiger partial charge >= 0.3 is 0 Å². The summed E-state index contributed by atoms with van der Waals surface area (Å²) in [5.41, 5.74) is 1.07. The number of anilines is 1. The minimum absolute atomic E-state index is 0.402. The smallest absolute Gasteiger partial charge is 0.184 e. The molecular weight excluding hydrogens is 282 g/mol. The molecule has 108 valence electrons. The third kappa shape index (κ3) is 2.29. The van der Waals surface area contributed by atoms with Crippen LogP contribution in [0.4, 0.5) is 5.13 Å². The van der Waals surface area contributed by atoms with Crippen molar-refractivity contribution in [3.63, 3.8) is 0 Å². The molecule has 4 rings (SSSR count). The molecule has 5 nitrogen and oxygen atoms in total. The van der Waals surface area contributed by atoms with Gasteiger partial charge in [-0.15, -0.1) is 10.2 Å². The molecule has 0 unspecified atom stereocenters. The van der Waals surface area contributed by atoms with Crippen LogP contribution in [0.25, 0.3) is 10.2 Å². The van der Waals surface area contributed by atoms with Gasteiger partial charge in [-0.05, 0) is 18.6 Å². The first kappa shape index (κ1) is 12.8. The maximum Gasteiger partial charge on any atom is 0.184 e. The topological polar surface area (TPSA) is 55.6 Å². The van der Waals surface area contributed by atoms with Crippen molar-refractivity contribution >= 4 is 26.7 Å². The normalized spacial score (nSPS) is 17.9. The average Bonchev–Trinajstić information content (AvgIpc) is 3.09. The van der Waals surface area contributed by atoms with E-state index in [1.54, 1.807) is 11.3 Å². The molecule has 2 aromatic heterocycles. The molecule has 0 fully saturated rings. The molecule has 0 bridgehead atoms. The fourth-order valence-corrected chi connectivity index (χ4v) is 3.81. The predicted molar refractivity (Wildman–Crippen MR) is 84.8 cm³/mol. The number of aryl methyl sites for hydroxylation is 2. The van der Waals surface area contributed by atoms with Crippen LogP contribution in [-0.2, 0) is 19.4 Å². The SMILES string of the molecule is CCc1nnc2n1C[C@@H](Nc1nc3ccccc3s1)CC2. The Hall–Kier alpha value is -1.95. The molecule has 1 aliphatic heterocycles. The Morgan fingerprint density at radius 3 is 3.10 bits per heavy atom. The first-order valence-corrected chi connectivity index (χ1v) is 8.18. The highest BCUT2D eigenvalue weighted by molar-refractivity contribution is 7.22. The molecule has 0 radical (unpaired) electrons. The van der Waals surface area contributed by atoms with Crippen molar-refractivity contribution in [2.24, 2.45) is 0 Å². The van der Waals surface area contributed by atoms with Gasteiger partial charge in [0.2, 0.25) is 0 Å². The summed E-state index contributed by atoms with van der Waals surface area (Å²) < 4.78 is 3.49. The van der Waals surface area contributed by atoms with Gasteiger partial charge in [-0.1, -0.05) is 30.4 Å². The number of rotatable bonds is 3. The van der Waals surface area contributed by atoms with E-state index in [0.29, 0.717) is 6.04 Å². The van der Waals surface area contributed by atoms with Gasteiger partial charge in [0.05, 0.1) is 10.2 Å². The zero-order valence-corrected chi connectivity index (χ0v) is 12.7. The van der Waals surface area contributed by atoms with Crippen LogP contribution in [0.5, 0.6) is 0 Å². The highest BCUT2D eigenvalue weighted by Crippen LogP contribution is 2.27. The first-order valence-electron chi connectivity index (χ1n) is 7.36. The highest BCUT2D eigenvalue weighted by Gasteiger charge is 2.22. The van der Waals surface area contributed by atoms with Crippen molar-refractivity contribution in [1.82, 2.24) is 19.7 Å². The third-order valence-electron chi connectivity index (χ3n) is 3.96. The zero-order valence-electron chi connectivity index (χ0n) is 11.9. The summed E-state index contributed by atoms with van der Waals surface area (Å²) in [6.07, 6.45) is 2.99. The van der Waals surface area contributed by atoms with Crippen molar-refractivity contribution < 1.29 is 0 Å². The number of fused-ring (bicyclic) bond motifs is 2. The number of hydrogen-bond donors (Lipinski definition) is 1. The molecule has 1 N–H and O–H groups in total. The predicted octanol–water partition coefficient (Wildman–Crippen LogP) is 2.88. The molecule has 6 heteroatoms. The van der Waals surface area contributed by atoms with E-state index in [4.69, 9.17) is 0 Å². The lowest BCUT2D eigenvalue weighted by atomic mass is 10.1. The number of benzene rings is 1. The lowest BCUT2D eigenvalue weighted by Gasteiger charge is -2.24. The van der Waals surface area contributed by atoms with Crippen LogP contribution in [0.15, 0.2) is 24.3 Å². The molecule has 1 atom stereocenters. The van der Waals surface area contributed by atoms with Gasteiger partial charge in [0, 0.05) is 25.4 Å². The molecular formula is C15H17N5S. The van der Waals surface area contributed by atoms with E-state index < -0.39 is 0 Å². The minimum atomic E-state index is 0.402. The summed E-state index contributed by atoms with van der Waals surface area (Å²) in [5.74, 6) is 2.20. The van der Waals surface area contributed by atoms with Gasteiger partial charge in [-0.25, -0.2) is 4.98 Å². The highest BCUT2D eigenvalue weighted by atomic mass is 32.1. The van der Waals surface area contributed by atoms with Crippen LogP contribution in [0.1, 0.15) is 25.0 Å². The molecule has 3 aromatic rings. The number of para-hydroxylation sites is 1. The molecule has 1 aromatic carbocycles. The van der Waals surface area contributed by atoms with E-state index in [0.717, 1.165) is 48.1 Å². The molecule has 0 aliphatic carbocycles. The van der Waals surface area contributed by atoms with Crippen LogP contribution < -0.4 is 5.32 Å². The van der Waals surface area contributed by atoms with Crippen LogP contribution in [-0.4, -0.2) is 25.8 Å². The van der Waals surface area contributed by atoms with E-state index in [2.05, 4.69) is 50.2 Å². The van der Waals surface area contributed by atoms with Crippen molar-refractivity contribution in [3.8, 4) is 0 Å². The largest absolute Gasteiger partial charge is 0.357 e. The summed E-state index contributed by atoms with van der Waals surface area (Å²) in [6.45, 7) is 3.06. The number of hydrogen-bond acceptors (Lipinski definition) is 5. The van der Waals surface area contributed by atoms with Crippen molar-refractivity contribution in [2.75, 3.05) is 5.32 Å². The Morgan fingerprint density at radius 1 is 1.33 bits per heavy atom. The Labute approximate surface area is 127 Å². The number of nitrogens with zero attached hydrogens (tertiary/aromatic N) is 4. The maximum absolute atomic E-state index is 4.66. The second-order valence-electron chi connectivity index (χ2n) is 5.36. The number of thiazole rings is 1. The monoisotopic (exact) mass is 299 g/mol. The summed E-state index contributed by atoms with van der Waals surface area (Å²) >= 11 is 1.72. The molecule has 0 saturated carbocycles. The second kappa shape index (κ2) is 5.11. The van der Waals surface area contributed by atoms with E-state index in [9.17, 15) is 0 Å². The van der Waals surface area contributed by atoms with Crippen LogP contribution in [0.2, 0.25) is 0 Å². The first-order chi connectivity index (χ1) is 10.3. The summed E-state index contributed by atoms with van der Waals surface area (Å²) in [6, 6.07) is 8.67. The molecule has 0 saturated heterocycles. The molecule has 21 heavy (non-hydrogen) atoms. The molecule has 3 heterocycles. The Bertz CT molecular complexity index is 729. The Kier molecular flexibility index (Phi) is 3.11. The fraction of sp³-hybridized carbons (Fsp3) is 0.400. The van der Waals surface area contributed by atoms with Gasteiger partial charge in [-0.2, -0.15) is 0 Å². The Balaban J connectivity index is 1.55. The van der Waals surface area contributed by atoms with E-state index in [-0.39, 0.29) is 0 Å². The van der Waals surface area contributed by atoms with E-state index in [1.165, 1.54) is 4.70 Å². The number of nitrogens with one attached hydrogen (secondary N) is 1. The quantitative estimate of drug-likeness (QED) is 0.808. The van der Waals surface area contributed by atoms with Crippen molar-refractivity contribution in [1.29, 1.82) is 0 Å². The van der Waals surface area contributed by atoms with Crippen molar-refractivity contribution in [3.05, 3.63) is 35.9 Å². The van der Waals surface area contributed by atoms with E-state index in [1.807, 2.05) is 6.07 Å². The zero-order chi connectivity index (χ0) is 14.2. The summed E-state index contributed by atoms with van der Waals surface area (Å²) in [7, 11) is 0. The molecule has 1 aliphatic rings. The molecule has 0 spiro atoms. The lowest BCUT2D eigenvalue weighted by molar-refractivity contribution is 0.466. The van der Waals surface area contributed by atoms with Gasteiger partial charge in [0.15, 0.2) is 5.13 Å². The lowest BCUT2D eigenvalue weighted by Crippen LogP contribution is -2.32. The standard InChI is InChI=1S/C15H17N5S/c1-2-13-18-19-14-8-7-10(9-20(13)14)16-15-17-11-5-3-4-6-12(11)21-15/h3-6,10H,2,7-9H2,1H3,(H,16,17)/t10-/m0/s1. The van der Waals surface area contributed by atoms with Crippen LogP contribution in [0, 0.1) is 0 Å². The van der Waals surface area contributed by atoms with E-state index >= 15 is 0 Å². The van der Waals surface area contributed by atoms with Crippen LogP contribution in [0.3, 0.4) is 0 Å². The van der Waals surface area contributed by atoms with Gasteiger partial charge in [0.1, 0.15) is 11.6 Å². The molecule has 0 amide bonds. The maximum atomic E-state index is 4.66. The van der Waals surface area contributed by atoms with Gasteiger partial charge in [-0.3, -0.25) is 0 Å². The van der Waals surface area contributed by atoms with Gasteiger partial charge in [0.25, 0.3) is 0 Å². The van der Waals surface area contributed by atoms with Crippen molar-refractivity contribution in [2.45, 2.75) is 38.8 Å².